The van der Waals surface area contributed by atoms with E-state index in [2.05, 4.69) is 19.6 Å². The van der Waals surface area contributed by atoms with Crippen molar-refractivity contribution in [1.29, 1.82) is 0 Å². The van der Waals surface area contributed by atoms with E-state index in [1.54, 1.807) is 0 Å². The Balaban J connectivity index is 1.96. The molecule has 1 heterocycles. The van der Waals surface area contributed by atoms with Gasteiger partial charge in [0.2, 0.25) is 0 Å². The van der Waals surface area contributed by atoms with E-state index in [-0.39, 0.29) is 12.4 Å². The van der Waals surface area contributed by atoms with Gasteiger partial charge in [-0.15, -0.1) is 12.6 Å². The molecule has 0 N–H and O–H groups in total. The zero-order chi connectivity index (χ0) is 19.2. The first-order chi connectivity index (χ1) is 12.6. The fourth-order valence-corrected chi connectivity index (χ4v) is 3.65. The molecule has 0 radical (unpaired) electrons. The van der Waals surface area contributed by atoms with Crippen LogP contribution in [0, 0.1) is 5.92 Å². The van der Waals surface area contributed by atoms with Crippen LogP contribution in [0.25, 0.3) is 0 Å². The van der Waals surface area contributed by atoms with E-state index in [1.165, 1.54) is 64.2 Å². The fraction of sp³-hybridized carbons (Fsp3) is 0.857. The van der Waals surface area contributed by atoms with Crippen LogP contribution < -0.4 is 0 Å². The number of Topliss-reactive ketones (excluding diaryl/α,β-unsaturated/α-hetero) is 3. The summed E-state index contributed by atoms with van der Waals surface area (Å²) >= 11 is 3.97. The van der Waals surface area contributed by atoms with Gasteiger partial charge in [-0.3, -0.25) is 14.4 Å². The molecular formula is C21H36O4S. The summed E-state index contributed by atoms with van der Waals surface area (Å²) in [5.74, 6) is -2.31. The molecule has 0 aromatic carbocycles. The summed E-state index contributed by atoms with van der Waals surface area (Å²) in [6, 6.07) is 0. The number of hydrogen-bond acceptors (Lipinski definition) is 5. The van der Waals surface area contributed by atoms with Gasteiger partial charge in [-0.05, 0) is 6.42 Å². The van der Waals surface area contributed by atoms with Crippen molar-refractivity contribution in [2.75, 3.05) is 6.61 Å². The minimum absolute atomic E-state index is 0.186. The lowest BCUT2D eigenvalue weighted by molar-refractivity contribution is -0.151. The van der Waals surface area contributed by atoms with Crippen LogP contribution in [0.4, 0.5) is 0 Å². The third kappa shape index (κ3) is 9.31. The fourth-order valence-electron chi connectivity index (χ4n) is 3.43. The van der Waals surface area contributed by atoms with E-state index in [4.69, 9.17) is 4.74 Å². The molecule has 1 saturated heterocycles. The molecule has 0 amide bonds. The molecule has 4 nitrogen and oxygen atoms in total. The van der Waals surface area contributed by atoms with E-state index in [0.717, 1.165) is 19.3 Å². The number of hydrogen-bond donors (Lipinski definition) is 1. The van der Waals surface area contributed by atoms with Crippen molar-refractivity contribution >= 4 is 30.0 Å². The van der Waals surface area contributed by atoms with Gasteiger partial charge >= 0.3 is 0 Å². The number of ether oxygens (including phenoxy) is 1. The van der Waals surface area contributed by atoms with Crippen LogP contribution in [0.1, 0.15) is 96.8 Å². The van der Waals surface area contributed by atoms with Crippen LogP contribution in [0.3, 0.4) is 0 Å². The number of rotatable bonds is 15. The monoisotopic (exact) mass is 384 g/mol. The van der Waals surface area contributed by atoms with Crippen molar-refractivity contribution in [3.63, 3.8) is 0 Å². The van der Waals surface area contributed by atoms with Crippen molar-refractivity contribution in [3.8, 4) is 0 Å². The number of carbonyl (C=O) groups is 3. The lowest BCUT2D eigenvalue weighted by Crippen LogP contribution is -2.44. The van der Waals surface area contributed by atoms with Crippen LogP contribution in [0.15, 0.2) is 0 Å². The molecule has 2 unspecified atom stereocenters. The third-order valence-corrected chi connectivity index (χ3v) is 5.49. The highest BCUT2D eigenvalue weighted by Gasteiger charge is 2.40. The number of carbonyl (C=O) groups excluding carboxylic acids is 3. The number of thiol groups is 1. The predicted molar refractivity (Wildman–Crippen MR) is 108 cm³/mol. The van der Waals surface area contributed by atoms with Crippen LogP contribution in [-0.2, 0) is 19.1 Å². The molecule has 1 aliphatic heterocycles. The highest BCUT2D eigenvalue weighted by atomic mass is 32.1. The highest BCUT2D eigenvalue weighted by molar-refractivity contribution is 7.81. The molecular weight excluding hydrogens is 348 g/mol. The van der Waals surface area contributed by atoms with E-state index >= 15 is 0 Å². The van der Waals surface area contributed by atoms with Gasteiger partial charge in [0, 0.05) is 6.42 Å². The van der Waals surface area contributed by atoms with Crippen molar-refractivity contribution in [3.05, 3.63) is 0 Å². The maximum Gasteiger partial charge on any atom is 0.189 e. The van der Waals surface area contributed by atoms with Gasteiger partial charge in [-0.2, -0.15) is 0 Å². The Morgan fingerprint density at radius 3 is 1.85 bits per heavy atom. The largest absolute Gasteiger partial charge is 0.352 e. The number of unbranched alkanes of at least 4 members (excludes halogenated alkanes) is 12. The Kier molecular flexibility index (Phi) is 12.9. The lowest BCUT2D eigenvalue weighted by atomic mass is 9.90. The Bertz CT molecular complexity index is 436. The molecule has 150 valence electrons. The Morgan fingerprint density at radius 2 is 1.35 bits per heavy atom. The van der Waals surface area contributed by atoms with Gasteiger partial charge < -0.3 is 4.74 Å². The zero-order valence-electron chi connectivity index (χ0n) is 16.3. The summed E-state index contributed by atoms with van der Waals surface area (Å²) in [6.07, 6.45) is 16.5. The van der Waals surface area contributed by atoms with E-state index in [1.807, 2.05) is 0 Å². The van der Waals surface area contributed by atoms with Gasteiger partial charge in [-0.1, -0.05) is 84.0 Å². The van der Waals surface area contributed by atoms with Gasteiger partial charge in [0.15, 0.2) is 22.8 Å². The topological polar surface area (TPSA) is 60.4 Å². The smallest absolute Gasteiger partial charge is 0.189 e. The predicted octanol–water partition coefficient (Wildman–Crippen LogP) is 5.08. The second-order valence-electron chi connectivity index (χ2n) is 7.42. The van der Waals surface area contributed by atoms with Gasteiger partial charge in [-0.25, -0.2) is 0 Å². The molecule has 0 spiro atoms. The van der Waals surface area contributed by atoms with E-state index in [0.29, 0.717) is 6.42 Å². The maximum atomic E-state index is 12.1. The lowest BCUT2D eigenvalue weighted by Gasteiger charge is -2.23. The van der Waals surface area contributed by atoms with E-state index in [9.17, 15) is 14.4 Å². The molecule has 0 bridgehead atoms. The molecule has 0 saturated carbocycles. The zero-order valence-corrected chi connectivity index (χ0v) is 17.2. The van der Waals surface area contributed by atoms with Gasteiger partial charge in [0.25, 0.3) is 0 Å². The average Bonchev–Trinajstić information content (AvgIpc) is 2.62. The minimum Gasteiger partial charge on any atom is -0.352 e. The second-order valence-corrected chi connectivity index (χ2v) is 7.89. The van der Waals surface area contributed by atoms with Crippen molar-refractivity contribution < 1.29 is 19.1 Å². The van der Waals surface area contributed by atoms with Crippen LogP contribution in [0.5, 0.6) is 0 Å². The van der Waals surface area contributed by atoms with Crippen LogP contribution in [-0.4, -0.2) is 29.4 Å². The Morgan fingerprint density at radius 1 is 0.885 bits per heavy atom. The Hall–Kier alpha value is -0.680. The first kappa shape index (κ1) is 23.4. The molecule has 1 aliphatic rings. The molecule has 2 atom stereocenters. The van der Waals surface area contributed by atoms with Gasteiger partial charge in [0.1, 0.15) is 12.5 Å². The van der Waals surface area contributed by atoms with Gasteiger partial charge in [0.05, 0.1) is 0 Å². The van der Waals surface area contributed by atoms with Crippen molar-refractivity contribution in [2.45, 2.75) is 102 Å². The summed E-state index contributed by atoms with van der Waals surface area (Å²) < 4.78 is 4.92. The molecule has 0 aromatic rings. The molecule has 1 fully saturated rings. The minimum atomic E-state index is -1.14. The Labute approximate surface area is 164 Å². The molecule has 5 heteroatoms. The van der Waals surface area contributed by atoms with Crippen LogP contribution in [0.2, 0.25) is 0 Å². The summed E-state index contributed by atoms with van der Waals surface area (Å²) in [7, 11) is 0. The summed E-state index contributed by atoms with van der Waals surface area (Å²) in [6.45, 7) is 2.06. The van der Waals surface area contributed by atoms with Crippen molar-refractivity contribution in [2.24, 2.45) is 5.92 Å². The summed E-state index contributed by atoms with van der Waals surface area (Å²) in [5.41, 5.74) is -0.937. The molecule has 26 heavy (non-hydrogen) atoms. The third-order valence-electron chi connectivity index (χ3n) is 5.08. The average molecular weight is 385 g/mol. The summed E-state index contributed by atoms with van der Waals surface area (Å²) in [4.78, 5) is 35.7. The standard InChI is InChI=1S/C21H36O4S/c1-2-3-4-5-6-7-8-9-10-11-12-13-14-15-17(22)19-18(23)16-25-21(26)20(19)24/h19,21,26H,2-16H2,1H3. The van der Waals surface area contributed by atoms with E-state index < -0.39 is 22.9 Å². The molecule has 0 aliphatic carbocycles. The summed E-state index contributed by atoms with van der Waals surface area (Å²) in [5, 5.41) is 0. The first-order valence-electron chi connectivity index (χ1n) is 10.5. The highest BCUT2D eigenvalue weighted by Crippen LogP contribution is 2.20. The molecule has 0 aromatic heterocycles. The molecule has 1 rings (SSSR count). The quantitative estimate of drug-likeness (QED) is 0.243. The normalized spacial score (nSPS) is 20.5. The number of ketones is 3. The maximum absolute atomic E-state index is 12.1. The van der Waals surface area contributed by atoms with Crippen molar-refractivity contribution in [1.82, 2.24) is 0 Å². The van der Waals surface area contributed by atoms with Crippen LogP contribution >= 0.6 is 12.6 Å². The second kappa shape index (κ2) is 14.4. The SMILES string of the molecule is CCCCCCCCCCCCCCCC(=O)C1C(=O)COC(S)C1=O. The first-order valence-corrected chi connectivity index (χ1v) is 11.0.